The molecule has 27 heavy (non-hydrogen) atoms. The van der Waals surface area contributed by atoms with E-state index in [1.54, 1.807) is 42.2 Å². The zero-order valence-electron chi connectivity index (χ0n) is 15.1. The van der Waals surface area contributed by atoms with E-state index in [0.29, 0.717) is 5.56 Å². The number of hydrogen-bond donors (Lipinski definition) is 3. The summed E-state index contributed by atoms with van der Waals surface area (Å²) in [5.41, 5.74) is 3.49. The predicted octanol–water partition coefficient (Wildman–Crippen LogP) is 1.16. The normalized spacial score (nSPS) is 11.4. The van der Waals surface area contributed by atoms with Gasteiger partial charge in [0, 0.05) is 31.4 Å². The maximum absolute atomic E-state index is 12.6. The molecule has 1 unspecified atom stereocenters. The van der Waals surface area contributed by atoms with Gasteiger partial charge in [-0.1, -0.05) is 18.2 Å². The second kappa shape index (κ2) is 9.15. The maximum Gasteiger partial charge on any atom is 0.275 e. The van der Waals surface area contributed by atoms with Crippen molar-refractivity contribution in [1.29, 1.82) is 0 Å². The zero-order chi connectivity index (χ0) is 20.0. The Bertz CT molecular complexity index is 808. The van der Waals surface area contributed by atoms with E-state index < -0.39 is 23.8 Å². The van der Waals surface area contributed by atoms with Crippen molar-refractivity contribution in [3.63, 3.8) is 0 Å². The van der Waals surface area contributed by atoms with Crippen LogP contribution in [0.1, 0.15) is 10.4 Å². The number of nitrogens with one attached hydrogen (secondary N) is 2. The standard InChI is InChI=1S/C18H20N4O4S/c1-19-16(23)15(17(24)21-26)22(2)18(25)12-6-4-11(5-7-12)13-8-9-14(27-3)20-10-13/h4-10,15,26H,1-3H3,(H,19,23)(H,21,24). The molecule has 142 valence electrons. The average molecular weight is 388 g/mol. The van der Waals surface area contributed by atoms with Crippen LogP contribution in [0.4, 0.5) is 0 Å². The van der Waals surface area contributed by atoms with Crippen molar-refractivity contribution in [2.24, 2.45) is 0 Å². The van der Waals surface area contributed by atoms with E-state index in [1.807, 2.05) is 18.4 Å². The number of benzene rings is 1. The van der Waals surface area contributed by atoms with Gasteiger partial charge in [0.05, 0.1) is 5.03 Å². The Morgan fingerprint density at radius 1 is 1.07 bits per heavy atom. The predicted molar refractivity (Wildman–Crippen MR) is 101 cm³/mol. The average Bonchev–Trinajstić information content (AvgIpc) is 2.73. The highest BCUT2D eigenvalue weighted by Crippen LogP contribution is 2.22. The smallest absolute Gasteiger partial charge is 0.275 e. The minimum Gasteiger partial charge on any atom is -0.357 e. The van der Waals surface area contributed by atoms with Gasteiger partial charge in [0.1, 0.15) is 0 Å². The van der Waals surface area contributed by atoms with Crippen LogP contribution in [0.2, 0.25) is 0 Å². The van der Waals surface area contributed by atoms with Crippen molar-refractivity contribution in [3.05, 3.63) is 48.2 Å². The van der Waals surface area contributed by atoms with Crippen LogP contribution in [0.5, 0.6) is 0 Å². The molecule has 0 radical (unpaired) electrons. The topological polar surface area (TPSA) is 112 Å². The first-order valence-electron chi connectivity index (χ1n) is 7.96. The molecule has 1 aromatic carbocycles. The van der Waals surface area contributed by atoms with Crippen molar-refractivity contribution in [2.75, 3.05) is 20.4 Å². The molecule has 3 N–H and O–H groups in total. The molecule has 0 spiro atoms. The fraction of sp³-hybridized carbons (Fsp3) is 0.222. The molecule has 1 atom stereocenters. The minimum absolute atomic E-state index is 0.301. The molecular formula is C18H20N4O4S. The molecule has 0 aliphatic rings. The van der Waals surface area contributed by atoms with Gasteiger partial charge in [-0.3, -0.25) is 19.6 Å². The molecule has 0 bridgehead atoms. The Balaban J connectivity index is 2.22. The van der Waals surface area contributed by atoms with Gasteiger partial charge in [0.2, 0.25) is 0 Å². The Kier molecular flexibility index (Phi) is 6.91. The van der Waals surface area contributed by atoms with Gasteiger partial charge in [0.25, 0.3) is 17.7 Å². The number of nitrogens with zero attached hydrogens (tertiary/aromatic N) is 2. The Hall–Kier alpha value is -2.91. The van der Waals surface area contributed by atoms with E-state index in [2.05, 4.69) is 10.3 Å². The lowest BCUT2D eigenvalue weighted by Crippen LogP contribution is -2.54. The second-order valence-electron chi connectivity index (χ2n) is 5.58. The summed E-state index contributed by atoms with van der Waals surface area (Å²) in [7, 11) is 2.65. The molecule has 9 heteroatoms. The largest absolute Gasteiger partial charge is 0.357 e. The highest BCUT2D eigenvalue weighted by Gasteiger charge is 2.33. The third-order valence-corrected chi connectivity index (χ3v) is 4.63. The first-order chi connectivity index (χ1) is 12.9. The molecule has 8 nitrogen and oxygen atoms in total. The highest BCUT2D eigenvalue weighted by atomic mass is 32.2. The van der Waals surface area contributed by atoms with Crippen molar-refractivity contribution in [3.8, 4) is 11.1 Å². The summed E-state index contributed by atoms with van der Waals surface area (Å²) in [6.45, 7) is 0. The van der Waals surface area contributed by atoms with Crippen LogP contribution >= 0.6 is 11.8 Å². The molecule has 2 aromatic rings. The van der Waals surface area contributed by atoms with Crippen LogP contribution in [0, 0.1) is 0 Å². The van der Waals surface area contributed by atoms with Crippen LogP contribution < -0.4 is 10.8 Å². The molecule has 1 aromatic heterocycles. The molecule has 0 aliphatic carbocycles. The number of hydrogen-bond acceptors (Lipinski definition) is 6. The van der Waals surface area contributed by atoms with E-state index in [9.17, 15) is 14.4 Å². The molecule has 0 saturated carbocycles. The van der Waals surface area contributed by atoms with Gasteiger partial charge in [-0.15, -0.1) is 11.8 Å². The van der Waals surface area contributed by atoms with Crippen molar-refractivity contribution in [2.45, 2.75) is 11.1 Å². The summed E-state index contributed by atoms with van der Waals surface area (Å²) in [6, 6.07) is 9.09. The lowest BCUT2D eigenvalue weighted by atomic mass is 10.0. The number of carbonyl (C=O) groups is 3. The number of pyridine rings is 1. The SMILES string of the molecule is CNC(=O)C(C(=O)NO)N(C)C(=O)c1ccc(-c2ccc(SC)nc2)cc1. The second-order valence-corrected chi connectivity index (χ2v) is 6.40. The van der Waals surface area contributed by atoms with Gasteiger partial charge >= 0.3 is 0 Å². The minimum atomic E-state index is -1.49. The summed E-state index contributed by atoms with van der Waals surface area (Å²) in [5.74, 6) is -2.25. The number of rotatable bonds is 6. The van der Waals surface area contributed by atoms with Crippen molar-refractivity contribution >= 4 is 29.5 Å². The van der Waals surface area contributed by atoms with Gasteiger partial charge in [0.15, 0.2) is 6.04 Å². The fourth-order valence-corrected chi connectivity index (χ4v) is 2.83. The first-order valence-corrected chi connectivity index (χ1v) is 9.18. The van der Waals surface area contributed by atoms with Crippen molar-refractivity contribution in [1.82, 2.24) is 20.7 Å². The van der Waals surface area contributed by atoms with E-state index in [1.165, 1.54) is 19.6 Å². The number of likely N-dealkylation sites (N-methyl/N-ethyl adjacent to an activating group) is 2. The molecule has 0 saturated heterocycles. The zero-order valence-corrected chi connectivity index (χ0v) is 15.9. The third kappa shape index (κ3) is 4.63. The number of hydroxylamine groups is 1. The maximum atomic E-state index is 12.6. The fourth-order valence-electron chi connectivity index (χ4n) is 2.47. The number of amides is 3. The lowest BCUT2D eigenvalue weighted by Gasteiger charge is -2.25. The van der Waals surface area contributed by atoms with Crippen molar-refractivity contribution < 1.29 is 19.6 Å². The Morgan fingerprint density at radius 2 is 1.70 bits per heavy atom. The van der Waals surface area contributed by atoms with E-state index in [0.717, 1.165) is 21.1 Å². The van der Waals surface area contributed by atoms with Gasteiger partial charge in [-0.05, 0) is 30.0 Å². The molecule has 2 rings (SSSR count). The summed E-state index contributed by atoms with van der Waals surface area (Å²) < 4.78 is 0. The van der Waals surface area contributed by atoms with Crippen LogP contribution in [-0.4, -0.2) is 59.2 Å². The summed E-state index contributed by atoms with van der Waals surface area (Å²) in [5, 5.41) is 12.0. The number of thioether (sulfide) groups is 1. The Morgan fingerprint density at radius 3 is 2.19 bits per heavy atom. The van der Waals surface area contributed by atoms with Crippen LogP contribution in [0.15, 0.2) is 47.6 Å². The van der Waals surface area contributed by atoms with Crippen LogP contribution in [0.3, 0.4) is 0 Å². The van der Waals surface area contributed by atoms with Crippen LogP contribution in [-0.2, 0) is 9.59 Å². The number of carbonyl (C=O) groups excluding carboxylic acids is 3. The van der Waals surface area contributed by atoms with E-state index >= 15 is 0 Å². The summed E-state index contributed by atoms with van der Waals surface area (Å²) >= 11 is 1.55. The summed E-state index contributed by atoms with van der Waals surface area (Å²) in [6.07, 6.45) is 3.70. The molecule has 0 aliphatic heterocycles. The number of aromatic nitrogens is 1. The van der Waals surface area contributed by atoms with Gasteiger partial charge in [-0.2, -0.15) is 0 Å². The van der Waals surface area contributed by atoms with Gasteiger partial charge < -0.3 is 10.2 Å². The monoisotopic (exact) mass is 388 g/mol. The Labute approximate surface area is 160 Å². The third-order valence-electron chi connectivity index (χ3n) is 3.97. The lowest BCUT2D eigenvalue weighted by molar-refractivity contribution is -0.140. The molecular weight excluding hydrogens is 368 g/mol. The van der Waals surface area contributed by atoms with Gasteiger partial charge in [-0.25, -0.2) is 10.5 Å². The molecule has 0 fully saturated rings. The molecule has 1 heterocycles. The van der Waals surface area contributed by atoms with E-state index in [4.69, 9.17) is 5.21 Å². The summed E-state index contributed by atoms with van der Waals surface area (Å²) in [4.78, 5) is 41.6. The quantitative estimate of drug-likeness (QED) is 0.296. The first kappa shape index (κ1) is 20.4. The molecule has 3 amide bonds. The van der Waals surface area contributed by atoms with E-state index in [-0.39, 0.29) is 0 Å². The van der Waals surface area contributed by atoms with Crippen LogP contribution in [0.25, 0.3) is 11.1 Å². The highest BCUT2D eigenvalue weighted by molar-refractivity contribution is 7.98.